The Hall–Kier alpha value is -1.31. The van der Waals surface area contributed by atoms with Crippen LogP contribution >= 0.6 is 23.2 Å². The molecule has 0 radical (unpaired) electrons. The summed E-state index contributed by atoms with van der Waals surface area (Å²) in [5, 5.41) is 1.47. The Bertz CT molecular complexity index is 586. The third kappa shape index (κ3) is 2.86. The molecule has 0 heterocycles. The number of Topliss-reactive ketones (excluding diaryl/α,β-unsaturated/α-hetero) is 1. The first kappa shape index (κ1) is 14.6. The Kier molecular flexibility index (Phi) is 4.05. The molecule has 3 heteroatoms. The van der Waals surface area contributed by atoms with Crippen LogP contribution < -0.4 is 0 Å². The van der Waals surface area contributed by atoms with E-state index >= 15 is 0 Å². The average Bonchev–Trinajstić information content (AvgIpc) is 2.50. The molecule has 0 aliphatic heterocycles. The zero-order chi connectivity index (χ0) is 14.9. The van der Waals surface area contributed by atoms with Gasteiger partial charge in [-0.1, -0.05) is 47.5 Å². The van der Waals surface area contributed by atoms with Crippen LogP contribution in [0.1, 0.15) is 36.8 Å². The van der Waals surface area contributed by atoms with Crippen molar-refractivity contribution in [3.05, 3.63) is 69.7 Å². The molecular weight excluding hydrogens is 303 g/mol. The summed E-state index contributed by atoms with van der Waals surface area (Å²) in [6.07, 6.45) is 2.95. The smallest absolute Gasteiger partial charge is 0.133 e. The Labute approximate surface area is 134 Å². The van der Waals surface area contributed by atoms with Gasteiger partial charge in [-0.2, -0.15) is 0 Å². The van der Waals surface area contributed by atoms with Gasteiger partial charge in [0.05, 0.1) is 0 Å². The summed E-state index contributed by atoms with van der Waals surface area (Å²) in [6, 6.07) is 16.0. The maximum atomic E-state index is 11.7. The van der Waals surface area contributed by atoms with Crippen molar-refractivity contribution in [3.8, 4) is 0 Å². The Morgan fingerprint density at radius 2 is 1.10 bits per heavy atom. The van der Waals surface area contributed by atoms with Crippen molar-refractivity contribution in [3.63, 3.8) is 0 Å². The normalized spacial score (nSPS) is 17.7. The molecule has 0 bridgehead atoms. The molecular formula is C18H16Cl2O. The molecule has 1 nitrogen and oxygen atoms in total. The highest BCUT2D eigenvalue weighted by Gasteiger charge is 2.37. The standard InChI is InChI=1S/C18H16Cl2O/c19-15-5-1-13(2-6-15)18(11-9-17(21)10-12-18)14-3-7-16(20)8-4-14/h1-8H,9-12H2. The summed E-state index contributed by atoms with van der Waals surface area (Å²) in [7, 11) is 0. The zero-order valence-corrected chi connectivity index (χ0v) is 13.1. The molecule has 0 spiro atoms. The van der Waals surface area contributed by atoms with Crippen molar-refractivity contribution in [2.45, 2.75) is 31.1 Å². The molecule has 1 saturated carbocycles. The fraction of sp³-hybridized carbons (Fsp3) is 0.278. The first-order valence-corrected chi connectivity index (χ1v) is 7.89. The molecule has 2 aromatic carbocycles. The van der Waals surface area contributed by atoms with Gasteiger partial charge in [-0.15, -0.1) is 0 Å². The second kappa shape index (κ2) is 5.82. The van der Waals surface area contributed by atoms with Gasteiger partial charge in [0.15, 0.2) is 0 Å². The van der Waals surface area contributed by atoms with Crippen LogP contribution in [-0.4, -0.2) is 5.78 Å². The number of rotatable bonds is 2. The van der Waals surface area contributed by atoms with Crippen LogP contribution in [0.2, 0.25) is 10.0 Å². The molecule has 3 rings (SSSR count). The SMILES string of the molecule is O=C1CCC(c2ccc(Cl)cc2)(c2ccc(Cl)cc2)CC1. The lowest BCUT2D eigenvalue weighted by molar-refractivity contribution is -0.121. The minimum absolute atomic E-state index is 0.108. The Morgan fingerprint density at radius 1 is 0.714 bits per heavy atom. The maximum absolute atomic E-state index is 11.7. The zero-order valence-electron chi connectivity index (χ0n) is 11.6. The molecule has 1 fully saturated rings. The van der Waals surface area contributed by atoms with Crippen molar-refractivity contribution in [2.24, 2.45) is 0 Å². The van der Waals surface area contributed by atoms with Crippen LogP contribution in [0.25, 0.3) is 0 Å². The minimum atomic E-state index is -0.108. The van der Waals surface area contributed by atoms with Crippen LogP contribution in [0.3, 0.4) is 0 Å². The molecule has 0 unspecified atom stereocenters. The highest BCUT2D eigenvalue weighted by molar-refractivity contribution is 6.30. The van der Waals surface area contributed by atoms with E-state index in [1.54, 1.807) is 0 Å². The van der Waals surface area contributed by atoms with Gasteiger partial charge in [-0.3, -0.25) is 4.79 Å². The first-order valence-electron chi connectivity index (χ1n) is 7.14. The lowest BCUT2D eigenvalue weighted by Gasteiger charge is -2.38. The quantitative estimate of drug-likeness (QED) is 0.722. The van der Waals surface area contributed by atoms with Crippen LogP contribution in [0.4, 0.5) is 0 Å². The highest BCUT2D eigenvalue weighted by Crippen LogP contribution is 2.44. The molecule has 0 saturated heterocycles. The van der Waals surface area contributed by atoms with Crippen molar-refractivity contribution < 1.29 is 4.79 Å². The number of carbonyl (C=O) groups excluding carboxylic acids is 1. The topological polar surface area (TPSA) is 17.1 Å². The first-order chi connectivity index (χ1) is 10.1. The predicted octanol–water partition coefficient (Wildman–Crippen LogP) is 5.42. The van der Waals surface area contributed by atoms with Crippen LogP contribution in [0, 0.1) is 0 Å². The van der Waals surface area contributed by atoms with E-state index in [9.17, 15) is 4.79 Å². The van der Waals surface area contributed by atoms with E-state index in [4.69, 9.17) is 23.2 Å². The number of hydrogen-bond donors (Lipinski definition) is 0. The van der Waals surface area contributed by atoms with Gasteiger partial charge in [0.2, 0.25) is 0 Å². The van der Waals surface area contributed by atoms with Crippen molar-refractivity contribution in [1.82, 2.24) is 0 Å². The molecule has 0 amide bonds. The van der Waals surface area contributed by atoms with E-state index in [1.165, 1.54) is 11.1 Å². The molecule has 0 aromatic heterocycles. The van der Waals surface area contributed by atoms with Gasteiger partial charge in [0.1, 0.15) is 5.78 Å². The molecule has 1 aliphatic rings. The lowest BCUT2D eigenvalue weighted by Crippen LogP contribution is -2.33. The summed E-state index contributed by atoms with van der Waals surface area (Å²) in [5.41, 5.74) is 2.34. The van der Waals surface area contributed by atoms with Crippen molar-refractivity contribution in [1.29, 1.82) is 0 Å². The van der Waals surface area contributed by atoms with Gasteiger partial charge < -0.3 is 0 Å². The van der Waals surface area contributed by atoms with Crippen molar-refractivity contribution in [2.75, 3.05) is 0 Å². The Balaban J connectivity index is 2.08. The van der Waals surface area contributed by atoms with Gasteiger partial charge in [0.25, 0.3) is 0 Å². The van der Waals surface area contributed by atoms with Crippen LogP contribution in [0.5, 0.6) is 0 Å². The fourth-order valence-corrected chi connectivity index (χ4v) is 3.49. The van der Waals surface area contributed by atoms with E-state index < -0.39 is 0 Å². The summed E-state index contributed by atoms with van der Waals surface area (Å²) < 4.78 is 0. The molecule has 0 atom stereocenters. The van der Waals surface area contributed by atoms with E-state index in [-0.39, 0.29) is 5.41 Å². The predicted molar refractivity (Wildman–Crippen MR) is 87.2 cm³/mol. The fourth-order valence-electron chi connectivity index (χ4n) is 3.24. The molecule has 1 aliphatic carbocycles. The van der Waals surface area contributed by atoms with Crippen molar-refractivity contribution >= 4 is 29.0 Å². The average molecular weight is 319 g/mol. The minimum Gasteiger partial charge on any atom is -0.300 e. The summed E-state index contributed by atoms with van der Waals surface area (Å²) in [4.78, 5) is 11.7. The molecule has 0 N–H and O–H groups in total. The van der Waals surface area contributed by atoms with E-state index in [0.29, 0.717) is 18.6 Å². The third-order valence-corrected chi connectivity index (χ3v) is 4.96. The lowest BCUT2D eigenvalue weighted by atomic mass is 9.65. The van der Waals surface area contributed by atoms with E-state index in [1.807, 2.05) is 24.3 Å². The highest BCUT2D eigenvalue weighted by atomic mass is 35.5. The van der Waals surface area contributed by atoms with Gasteiger partial charge >= 0.3 is 0 Å². The van der Waals surface area contributed by atoms with Crippen LogP contribution in [0.15, 0.2) is 48.5 Å². The summed E-state index contributed by atoms with van der Waals surface area (Å²) in [6.45, 7) is 0. The van der Waals surface area contributed by atoms with E-state index in [0.717, 1.165) is 22.9 Å². The monoisotopic (exact) mass is 318 g/mol. The third-order valence-electron chi connectivity index (χ3n) is 4.45. The van der Waals surface area contributed by atoms with Crippen LogP contribution in [-0.2, 0) is 10.2 Å². The molecule has 2 aromatic rings. The van der Waals surface area contributed by atoms with Gasteiger partial charge in [0, 0.05) is 28.3 Å². The number of benzene rings is 2. The molecule has 21 heavy (non-hydrogen) atoms. The number of carbonyl (C=O) groups is 1. The van der Waals surface area contributed by atoms with Gasteiger partial charge in [-0.05, 0) is 48.2 Å². The summed E-state index contributed by atoms with van der Waals surface area (Å²) in [5.74, 6) is 0.355. The van der Waals surface area contributed by atoms with E-state index in [2.05, 4.69) is 24.3 Å². The second-order valence-corrected chi connectivity index (χ2v) is 6.51. The molecule has 108 valence electrons. The number of halogens is 2. The summed E-state index contributed by atoms with van der Waals surface area (Å²) >= 11 is 12.0. The second-order valence-electron chi connectivity index (χ2n) is 5.63. The number of ketones is 1. The maximum Gasteiger partial charge on any atom is 0.133 e. The number of hydrogen-bond acceptors (Lipinski definition) is 1. The largest absolute Gasteiger partial charge is 0.300 e. The van der Waals surface area contributed by atoms with Gasteiger partial charge in [-0.25, -0.2) is 0 Å². The Morgan fingerprint density at radius 3 is 1.48 bits per heavy atom.